The van der Waals surface area contributed by atoms with Gasteiger partial charge in [0.1, 0.15) is 6.61 Å². The molecule has 0 aliphatic rings. The first-order valence-electron chi connectivity index (χ1n) is 4.74. The van der Waals surface area contributed by atoms with Crippen LogP contribution in [0.25, 0.3) is 0 Å². The lowest BCUT2D eigenvalue weighted by atomic mass is 10.6. The van der Waals surface area contributed by atoms with Crippen molar-refractivity contribution in [1.29, 1.82) is 0 Å². The van der Waals surface area contributed by atoms with Crippen LogP contribution in [0.5, 0.6) is 0 Å². The van der Waals surface area contributed by atoms with Crippen molar-refractivity contribution < 1.29 is 9.53 Å². The van der Waals surface area contributed by atoms with E-state index in [-0.39, 0.29) is 11.9 Å². The lowest BCUT2D eigenvalue weighted by Gasteiger charge is -2.11. The molecule has 1 aromatic rings. The zero-order chi connectivity index (χ0) is 12.8. The highest BCUT2D eigenvalue weighted by Crippen LogP contribution is 2.10. The molecular formula is C8H13ClN6O2. The second-order valence-corrected chi connectivity index (χ2v) is 3.55. The molecule has 0 aliphatic carbocycles. The first-order chi connectivity index (χ1) is 7.99. The van der Waals surface area contributed by atoms with Gasteiger partial charge >= 0.3 is 6.09 Å². The summed E-state index contributed by atoms with van der Waals surface area (Å²) in [6.45, 7) is 0.450. The lowest BCUT2D eigenvalue weighted by molar-refractivity contribution is 0.161. The van der Waals surface area contributed by atoms with Crippen molar-refractivity contribution >= 4 is 29.6 Å². The Hall–Kier alpha value is -1.83. The Morgan fingerprint density at radius 1 is 1.47 bits per heavy atom. The number of ether oxygens (including phenoxy) is 1. The van der Waals surface area contributed by atoms with Crippen LogP contribution in [0.15, 0.2) is 0 Å². The largest absolute Gasteiger partial charge is 0.448 e. The molecule has 94 valence electrons. The van der Waals surface area contributed by atoms with Gasteiger partial charge in [0.15, 0.2) is 0 Å². The van der Waals surface area contributed by atoms with E-state index in [9.17, 15) is 4.79 Å². The predicted octanol–water partition coefficient (Wildman–Crippen LogP) is 0.0982. The Bertz CT molecular complexity index is 400. The van der Waals surface area contributed by atoms with Crippen LogP contribution in [0, 0.1) is 0 Å². The third kappa shape index (κ3) is 4.68. The molecular weight excluding hydrogens is 248 g/mol. The van der Waals surface area contributed by atoms with Gasteiger partial charge in [-0.1, -0.05) is 0 Å². The van der Waals surface area contributed by atoms with E-state index in [1.54, 1.807) is 19.0 Å². The topological polar surface area (TPSA) is 106 Å². The molecule has 17 heavy (non-hydrogen) atoms. The molecule has 3 N–H and O–H groups in total. The van der Waals surface area contributed by atoms with Crippen LogP contribution in [0.3, 0.4) is 0 Å². The smallest absolute Gasteiger partial charge is 0.404 e. The number of nitrogens with zero attached hydrogens (tertiary/aromatic N) is 4. The van der Waals surface area contributed by atoms with E-state index in [0.717, 1.165) is 0 Å². The molecule has 1 aromatic heterocycles. The van der Waals surface area contributed by atoms with Crippen LogP contribution in [0.2, 0.25) is 5.28 Å². The van der Waals surface area contributed by atoms with Crippen molar-refractivity contribution in [2.75, 3.05) is 37.5 Å². The minimum atomic E-state index is -0.825. The van der Waals surface area contributed by atoms with E-state index in [2.05, 4.69) is 25.0 Å². The Morgan fingerprint density at radius 2 is 2.18 bits per heavy atom. The first kappa shape index (κ1) is 13.2. The van der Waals surface area contributed by atoms with Crippen molar-refractivity contribution in [2.24, 2.45) is 5.73 Å². The zero-order valence-electron chi connectivity index (χ0n) is 9.47. The zero-order valence-corrected chi connectivity index (χ0v) is 10.2. The molecule has 1 amide bonds. The average molecular weight is 261 g/mol. The molecule has 0 saturated heterocycles. The maximum Gasteiger partial charge on any atom is 0.404 e. The highest BCUT2D eigenvalue weighted by atomic mass is 35.5. The van der Waals surface area contributed by atoms with E-state index < -0.39 is 6.09 Å². The van der Waals surface area contributed by atoms with E-state index in [1.807, 2.05) is 0 Å². The predicted molar refractivity (Wildman–Crippen MR) is 63.2 cm³/mol. The van der Waals surface area contributed by atoms with E-state index in [1.165, 1.54) is 0 Å². The summed E-state index contributed by atoms with van der Waals surface area (Å²) in [5.74, 6) is 0.741. The Kier molecular flexibility index (Phi) is 4.70. The molecule has 0 aromatic carbocycles. The fourth-order valence-corrected chi connectivity index (χ4v) is 1.09. The molecule has 0 aliphatic heterocycles. The number of hydrogen-bond donors (Lipinski definition) is 2. The van der Waals surface area contributed by atoms with E-state index in [0.29, 0.717) is 18.4 Å². The second kappa shape index (κ2) is 6.04. The highest BCUT2D eigenvalue weighted by molar-refractivity contribution is 6.28. The quantitative estimate of drug-likeness (QED) is 0.723. The number of aromatic nitrogens is 3. The fraction of sp³-hybridized carbons (Fsp3) is 0.500. The molecule has 0 unspecified atom stereocenters. The minimum absolute atomic E-state index is 0.0852. The molecule has 8 nitrogen and oxygen atoms in total. The monoisotopic (exact) mass is 260 g/mol. The molecule has 0 fully saturated rings. The summed E-state index contributed by atoms with van der Waals surface area (Å²) in [6.07, 6.45) is -0.825. The van der Waals surface area contributed by atoms with Gasteiger partial charge in [0.25, 0.3) is 0 Å². The molecule has 9 heteroatoms. The summed E-state index contributed by atoms with van der Waals surface area (Å²) in [5, 5.41) is 2.92. The Morgan fingerprint density at radius 3 is 2.76 bits per heavy atom. The number of carbonyl (C=O) groups is 1. The SMILES string of the molecule is CN(C)c1nc(Cl)nc(NCCOC(N)=O)n1. The van der Waals surface area contributed by atoms with Gasteiger partial charge in [0.2, 0.25) is 17.2 Å². The number of amides is 1. The number of halogens is 1. The van der Waals surface area contributed by atoms with Crippen molar-refractivity contribution in [3.8, 4) is 0 Å². The lowest BCUT2D eigenvalue weighted by Crippen LogP contribution is -2.20. The number of nitrogens with two attached hydrogens (primary N) is 1. The highest BCUT2D eigenvalue weighted by Gasteiger charge is 2.06. The van der Waals surface area contributed by atoms with Crippen LogP contribution >= 0.6 is 11.6 Å². The summed E-state index contributed by atoms with van der Waals surface area (Å²) in [5.41, 5.74) is 4.80. The van der Waals surface area contributed by atoms with E-state index >= 15 is 0 Å². The van der Waals surface area contributed by atoms with Gasteiger partial charge in [-0.2, -0.15) is 15.0 Å². The second-order valence-electron chi connectivity index (χ2n) is 3.22. The van der Waals surface area contributed by atoms with Crippen LogP contribution < -0.4 is 16.0 Å². The molecule has 0 spiro atoms. The number of rotatable bonds is 5. The molecule has 0 radical (unpaired) electrons. The third-order valence-corrected chi connectivity index (χ3v) is 1.79. The molecule has 0 atom stereocenters. The third-order valence-electron chi connectivity index (χ3n) is 1.63. The van der Waals surface area contributed by atoms with Crippen LogP contribution in [0.4, 0.5) is 16.7 Å². The normalized spacial score (nSPS) is 9.82. The fourth-order valence-electron chi connectivity index (χ4n) is 0.933. The van der Waals surface area contributed by atoms with Crippen LogP contribution in [-0.4, -0.2) is 48.3 Å². The number of nitrogens with one attached hydrogen (secondary N) is 1. The number of carbonyl (C=O) groups excluding carboxylic acids is 1. The Labute approximate surface area is 103 Å². The molecule has 0 saturated carbocycles. The Balaban J connectivity index is 2.55. The van der Waals surface area contributed by atoms with Crippen molar-refractivity contribution in [2.45, 2.75) is 0 Å². The van der Waals surface area contributed by atoms with E-state index in [4.69, 9.17) is 17.3 Å². The van der Waals surface area contributed by atoms with Gasteiger partial charge < -0.3 is 20.7 Å². The van der Waals surface area contributed by atoms with Gasteiger partial charge in [-0.05, 0) is 11.6 Å². The maximum atomic E-state index is 10.3. The van der Waals surface area contributed by atoms with Gasteiger partial charge in [-0.15, -0.1) is 0 Å². The van der Waals surface area contributed by atoms with Crippen LogP contribution in [0.1, 0.15) is 0 Å². The summed E-state index contributed by atoms with van der Waals surface area (Å²) < 4.78 is 4.53. The summed E-state index contributed by atoms with van der Waals surface area (Å²) in [4.78, 5) is 23.9. The maximum absolute atomic E-state index is 10.3. The minimum Gasteiger partial charge on any atom is -0.448 e. The van der Waals surface area contributed by atoms with Crippen molar-refractivity contribution in [1.82, 2.24) is 15.0 Å². The first-order valence-corrected chi connectivity index (χ1v) is 5.12. The summed E-state index contributed by atoms with van der Waals surface area (Å²) >= 11 is 5.72. The molecule has 1 rings (SSSR count). The standard InChI is InChI=1S/C8H13ClN6O2/c1-15(2)8-13-5(9)12-7(14-8)11-3-4-17-6(10)16/h3-4H2,1-2H3,(H2,10,16)(H,11,12,13,14). The summed E-state index contributed by atoms with van der Waals surface area (Å²) in [7, 11) is 3.57. The van der Waals surface area contributed by atoms with Crippen molar-refractivity contribution in [3.05, 3.63) is 5.28 Å². The van der Waals surface area contributed by atoms with Gasteiger partial charge in [-0.25, -0.2) is 4.79 Å². The average Bonchev–Trinajstić information content (AvgIpc) is 2.23. The van der Waals surface area contributed by atoms with Gasteiger partial charge in [0, 0.05) is 14.1 Å². The number of hydrogen-bond acceptors (Lipinski definition) is 7. The van der Waals surface area contributed by atoms with Gasteiger partial charge in [0.05, 0.1) is 6.54 Å². The van der Waals surface area contributed by atoms with Crippen LogP contribution in [-0.2, 0) is 4.74 Å². The van der Waals surface area contributed by atoms with Crippen molar-refractivity contribution in [3.63, 3.8) is 0 Å². The molecule has 1 heterocycles. The number of anilines is 2. The van der Waals surface area contributed by atoms with Gasteiger partial charge in [-0.3, -0.25) is 0 Å². The number of primary amides is 1. The summed E-state index contributed by atoms with van der Waals surface area (Å²) in [6, 6.07) is 0. The molecule has 0 bridgehead atoms.